The molecule has 5 nitrogen and oxygen atoms in total. The molecular weight excluding hydrogens is 280 g/mol. The van der Waals surface area contributed by atoms with E-state index in [4.69, 9.17) is 9.47 Å². The Bertz CT molecular complexity index is 516. The average molecular weight is 304 g/mol. The maximum absolute atomic E-state index is 12.3. The molecule has 2 heterocycles. The Morgan fingerprint density at radius 3 is 2.59 bits per heavy atom. The van der Waals surface area contributed by atoms with Gasteiger partial charge < -0.3 is 19.7 Å². The minimum Gasteiger partial charge on any atom is -0.384 e. The highest BCUT2D eigenvalue weighted by atomic mass is 16.7. The van der Waals surface area contributed by atoms with Crippen molar-refractivity contribution in [2.75, 3.05) is 38.2 Å². The minimum absolute atomic E-state index is 0.203. The lowest BCUT2D eigenvalue weighted by atomic mass is 10.0. The summed E-state index contributed by atoms with van der Waals surface area (Å²) >= 11 is 0. The number of hydrogen-bond acceptors (Lipinski definition) is 4. The van der Waals surface area contributed by atoms with Crippen molar-refractivity contribution in [1.29, 1.82) is 0 Å². The van der Waals surface area contributed by atoms with Gasteiger partial charge in [-0.25, -0.2) is 0 Å². The van der Waals surface area contributed by atoms with Crippen LogP contribution in [0.15, 0.2) is 24.3 Å². The number of carbonyl (C=O) groups is 1. The van der Waals surface area contributed by atoms with E-state index in [0.29, 0.717) is 26.2 Å². The third-order valence-electron chi connectivity index (χ3n) is 4.49. The van der Waals surface area contributed by atoms with E-state index >= 15 is 0 Å². The van der Waals surface area contributed by atoms with Crippen LogP contribution in [-0.2, 0) is 14.3 Å². The molecule has 2 fully saturated rings. The number of aryl methyl sites for hydroxylation is 1. The molecule has 22 heavy (non-hydrogen) atoms. The predicted octanol–water partition coefficient (Wildman–Crippen LogP) is 2.16. The molecule has 0 unspecified atom stereocenters. The van der Waals surface area contributed by atoms with Gasteiger partial charge in [0.05, 0.1) is 13.2 Å². The van der Waals surface area contributed by atoms with Gasteiger partial charge >= 0.3 is 0 Å². The summed E-state index contributed by atoms with van der Waals surface area (Å²) in [6.45, 7) is 5.53. The molecule has 5 heteroatoms. The fraction of sp³-hybridized carbons (Fsp3) is 0.588. The molecule has 0 atom stereocenters. The summed E-state index contributed by atoms with van der Waals surface area (Å²) in [7, 11) is 0. The van der Waals surface area contributed by atoms with Gasteiger partial charge in [0, 0.05) is 44.6 Å². The number of ether oxygens (including phenoxy) is 2. The summed E-state index contributed by atoms with van der Waals surface area (Å²) in [6.07, 6.45) is 2.08. The Morgan fingerprint density at radius 1 is 1.23 bits per heavy atom. The van der Waals surface area contributed by atoms with Crippen LogP contribution in [0.1, 0.15) is 24.8 Å². The van der Waals surface area contributed by atoms with Crippen molar-refractivity contribution in [2.45, 2.75) is 32.0 Å². The van der Waals surface area contributed by atoms with Gasteiger partial charge in [0.15, 0.2) is 5.79 Å². The molecule has 2 aliphatic rings. The summed E-state index contributed by atoms with van der Waals surface area (Å²) in [5, 5.41) is 3.33. The highest BCUT2D eigenvalue weighted by Crippen LogP contribution is 2.31. The smallest absolute Gasteiger partial charge is 0.224 e. The van der Waals surface area contributed by atoms with Crippen LogP contribution in [0.3, 0.4) is 0 Å². The zero-order valence-electron chi connectivity index (χ0n) is 13.1. The van der Waals surface area contributed by atoms with Gasteiger partial charge in [-0.1, -0.05) is 18.2 Å². The zero-order valence-corrected chi connectivity index (χ0v) is 13.1. The highest BCUT2D eigenvalue weighted by Gasteiger charge is 2.40. The van der Waals surface area contributed by atoms with Crippen molar-refractivity contribution in [3.63, 3.8) is 0 Å². The number of likely N-dealkylation sites (tertiary alicyclic amines) is 1. The maximum Gasteiger partial charge on any atom is 0.224 e. The second kappa shape index (κ2) is 6.67. The predicted molar refractivity (Wildman–Crippen MR) is 84.7 cm³/mol. The lowest BCUT2D eigenvalue weighted by molar-refractivity contribution is -0.187. The molecule has 0 saturated carbocycles. The van der Waals surface area contributed by atoms with Crippen LogP contribution >= 0.6 is 0 Å². The number of para-hydroxylation sites is 1. The molecule has 2 saturated heterocycles. The normalized spacial score (nSPS) is 20.3. The Morgan fingerprint density at radius 2 is 1.91 bits per heavy atom. The van der Waals surface area contributed by atoms with E-state index in [1.807, 2.05) is 23.1 Å². The number of benzene rings is 1. The molecule has 0 radical (unpaired) electrons. The molecule has 3 rings (SSSR count). The molecule has 0 aliphatic carbocycles. The van der Waals surface area contributed by atoms with Crippen LogP contribution < -0.4 is 5.32 Å². The molecular formula is C17H24N2O3. The highest BCUT2D eigenvalue weighted by molar-refractivity contribution is 5.77. The number of nitrogens with zero attached hydrogens (tertiary/aromatic N) is 1. The largest absolute Gasteiger partial charge is 0.384 e. The molecule has 1 aromatic rings. The van der Waals surface area contributed by atoms with E-state index in [-0.39, 0.29) is 5.91 Å². The van der Waals surface area contributed by atoms with Gasteiger partial charge in [-0.2, -0.15) is 0 Å². The fourth-order valence-corrected chi connectivity index (χ4v) is 3.12. The number of anilines is 1. The van der Waals surface area contributed by atoms with Gasteiger partial charge in [-0.3, -0.25) is 4.79 Å². The van der Waals surface area contributed by atoms with Crippen molar-refractivity contribution in [3.8, 4) is 0 Å². The third kappa shape index (κ3) is 3.42. The lowest BCUT2D eigenvalue weighted by Gasteiger charge is -2.37. The van der Waals surface area contributed by atoms with E-state index in [1.165, 1.54) is 5.56 Å². The monoisotopic (exact) mass is 304 g/mol. The Hall–Kier alpha value is -1.59. The van der Waals surface area contributed by atoms with Crippen LogP contribution in [-0.4, -0.2) is 49.4 Å². The zero-order chi connectivity index (χ0) is 15.4. The second-order valence-electron chi connectivity index (χ2n) is 5.98. The van der Waals surface area contributed by atoms with E-state index in [9.17, 15) is 4.79 Å². The van der Waals surface area contributed by atoms with Crippen molar-refractivity contribution in [1.82, 2.24) is 4.90 Å². The molecule has 1 amide bonds. The van der Waals surface area contributed by atoms with E-state index in [0.717, 1.165) is 31.6 Å². The Kier molecular flexibility index (Phi) is 4.64. The first-order chi connectivity index (χ1) is 10.7. The van der Waals surface area contributed by atoms with Gasteiger partial charge in [-0.05, 0) is 18.6 Å². The summed E-state index contributed by atoms with van der Waals surface area (Å²) in [4.78, 5) is 14.2. The van der Waals surface area contributed by atoms with Crippen molar-refractivity contribution in [2.24, 2.45) is 0 Å². The van der Waals surface area contributed by atoms with Crippen LogP contribution in [0, 0.1) is 6.92 Å². The first-order valence-electron chi connectivity index (χ1n) is 8.04. The first-order valence-corrected chi connectivity index (χ1v) is 8.04. The number of piperidine rings is 1. The van der Waals surface area contributed by atoms with Crippen molar-refractivity contribution >= 4 is 11.6 Å². The number of carbonyl (C=O) groups excluding carboxylic acids is 1. The van der Waals surface area contributed by atoms with Gasteiger partial charge in [-0.15, -0.1) is 0 Å². The van der Waals surface area contributed by atoms with Crippen LogP contribution in [0.5, 0.6) is 0 Å². The van der Waals surface area contributed by atoms with E-state index in [1.54, 1.807) is 0 Å². The van der Waals surface area contributed by atoms with E-state index < -0.39 is 5.79 Å². The number of hydrogen-bond donors (Lipinski definition) is 1. The average Bonchev–Trinajstić information content (AvgIpc) is 2.98. The van der Waals surface area contributed by atoms with Crippen LogP contribution in [0.25, 0.3) is 0 Å². The maximum atomic E-state index is 12.3. The molecule has 1 N–H and O–H groups in total. The standard InChI is InChI=1S/C17H24N2O3/c1-14-4-2-3-5-15(14)18-9-6-16(20)19-10-7-17(8-11-19)21-12-13-22-17/h2-5,18H,6-13H2,1H3. The summed E-state index contributed by atoms with van der Waals surface area (Å²) < 4.78 is 11.4. The Balaban J connectivity index is 1.42. The van der Waals surface area contributed by atoms with Crippen molar-refractivity contribution < 1.29 is 14.3 Å². The van der Waals surface area contributed by atoms with Crippen molar-refractivity contribution in [3.05, 3.63) is 29.8 Å². The van der Waals surface area contributed by atoms with E-state index in [2.05, 4.69) is 18.3 Å². The number of amides is 1. The summed E-state index contributed by atoms with van der Waals surface area (Å²) in [6, 6.07) is 8.13. The molecule has 120 valence electrons. The Labute approximate surface area is 131 Å². The SMILES string of the molecule is Cc1ccccc1NCCC(=O)N1CCC2(CC1)OCCO2. The third-order valence-corrected chi connectivity index (χ3v) is 4.49. The number of rotatable bonds is 4. The fourth-order valence-electron chi connectivity index (χ4n) is 3.12. The quantitative estimate of drug-likeness (QED) is 0.926. The summed E-state index contributed by atoms with van der Waals surface area (Å²) in [5.41, 5.74) is 2.30. The lowest BCUT2D eigenvalue weighted by Crippen LogP contribution is -2.47. The number of nitrogens with one attached hydrogen (secondary N) is 1. The van der Waals surface area contributed by atoms with Gasteiger partial charge in [0.2, 0.25) is 5.91 Å². The molecule has 0 bridgehead atoms. The second-order valence-corrected chi connectivity index (χ2v) is 5.98. The summed E-state index contributed by atoms with van der Waals surface area (Å²) in [5.74, 6) is -0.204. The van der Waals surface area contributed by atoms with Gasteiger partial charge in [0.25, 0.3) is 0 Å². The molecule has 1 aromatic carbocycles. The molecule has 2 aliphatic heterocycles. The van der Waals surface area contributed by atoms with Gasteiger partial charge in [0.1, 0.15) is 0 Å². The minimum atomic E-state index is -0.407. The van der Waals surface area contributed by atoms with Crippen LogP contribution in [0.2, 0.25) is 0 Å². The molecule has 1 spiro atoms. The molecule has 0 aromatic heterocycles. The van der Waals surface area contributed by atoms with Crippen LogP contribution in [0.4, 0.5) is 5.69 Å². The first kappa shape index (κ1) is 15.3. The topological polar surface area (TPSA) is 50.8 Å².